The van der Waals surface area contributed by atoms with Crippen LogP contribution < -0.4 is 0 Å². The molecule has 1 aliphatic heterocycles. The molecule has 1 N–H and O–H groups in total. The Labute approximate surface area is 136 Å². The number of phenols is 1. The Morgan fingerprint density at radius 1 is 1.45 bits per heavy atom. The Bertz CT molecular complexity index is 732. The summed E-state index contributed by atoms with van der Waals surface area (Å²) in [5.41, 5.74) is 0.267. The van der Waals surface area contributed by atoms with Gasteiger partial charge in [-0.25, -0.2) is 0 Å². The smallest absolute Gasteiger partial charge is 0.261 e. The van der Waals surface area contributed by atoms with Crippen LogP contribution >= 0.6 is 23.2 Å². The summed E-state index contributed by atoms with van der Waals surface area (Å²) in [5.74, 6) is 0.337. The van der Waals surface area contributed by atoms with Gasteiger partial charge in [-0.15, -0.1) is 0 Å². The zero-order valence-electron chi connectivity index (χ0n) is 11.7. The summed E-state index contributed by atoms with van der Waals surface area (Å²) in [6.45, 7) is 2.19. The molecule has 1 saturated heterocycles. The van der Waals surface area contributed by atoms with Crippen LogP contribution in [0.1, 0.15) is 31.6 Å². The maximum Gasteiger partial charge on any atom is 0.261 e. The molecule has 2 aromatic rings. The van der Waals surface area contributed by atoms with Crippen molar-refractivity contribution >= 4 is 29.1 Å². The number of hydrogen-bond acceptors (Lipinski definition) is 5. The van der Waals surface area contributed by atoms with Crippen LogP contribution in [0.25, 0.3) is 11.5 Å². The van der Waals surface area contributed by atoms with Gasteiger partial charge in [-0.3, -0.25) is 4.79 Å². The third-order valence-electron chi connectivity index (χ3n) is 3.66. The van der Waals surface area contributed by atoms with Crippen LogP contribution in [-0.2, 0) is 4.79 Å². The second-order valence-electron chi connectivity index (χ2n) is 5.11. The average molecular weight is 342 g/mol. The van der Waals surface area contributed by atoms with Crippen LogP contribution in [-0.4, -0.2) is 32.6 Å². The summed E-state index contributed by atoms with van der Waals surface area (Å²) in [5, 5.41) is 14.4. The standard InChI is InChI=1S/C14H13Cl2N3O3/c1-7(20)19-4-2-3-11(19)13-17-14(22-18-13)9-5-8(15)6-10(16)12(9)21/h5-6,11,21H,2-4H2,1H3. The van der Waals surface area contributed by atoms with E-state index in [0.717, 1.165) is 12.8 Å². The zero-order valence-corrected chi connectivity index (χ0v) is 13.2. The van der Waals surface area contributed by atoms with E-state index in [0.29, 0.717) is 17.4 Å². The first-order valence-electron chi connectivity index (χ1n) is 6.76. The van der Waals surface area contributed by atoms with Gasteiger partial charge in [-0.1, -0.05) is 28.4 Å². The molecule has 0 aliphatic carbocycles. The minimum atomic E-state index is -0.202. The summed E-state index contributed by atoms with van der Waals surface area (Å²) in [7, 11) is 0. The fourth-order valence-electron chi connectivity index (χ4n) is 2.62. The van der Waals surface area contributed by atoms with Gasteiger partial charge >= 0.3 is 0 Å². The number of phenolic OH excluding ortho intramolecular Hbond substituents is 1. The van der Waals surface area contributed by atoms with Crippen molar-refractivity contribution in [2.24, 2.45) is 0 Å². The fourth-order valence-corrected chi connectivity index (χ4v) is 3.11. The highest BCUT2D eigenvalue weighted by atomic mass is 35.5. The van der Waals surface area contributed by atoms with Crippen molar-refractivity contribution in [3.63, 3.8) is 0 Å². The summed E-state index contributed by atoms with van der Waals surface area (Å²) in [6.07, 6.45) is 1.67. The largest absolute Gasteiger partial charge is 0.506 e. The molecule has 1 aliphatic rings. The third kappa shape index (κ3) is 2.64. The van der Waals surface area contributed by atoms with Gasteiger partial charge in [0.25, 0.3) is 5.89 Å². The van der Waals surface area contributed by atoms with Crippen LogP contribution in [0.3, 0.4) is 0 Å². The second-order valence-corrected chi connectivity index (χ2v) is 5.96. The minimum absolute atomic E-state index is 0.0255. The Morgan fingerprint density at radius 3 is 2.95 bits per heavy atom. The highest BCUT2D eigenvalue weighted by molar-refractivity contribution is 6.36. The quantitative estimate of drug-likeness (QED) is 0.904. The summed E-state index contributed by atoms with van der Waals surface area (Å²) < 4.78 is 5.21. The molecule has 1 fully saturated rings. The first-order valence-corrected chi connectivity index (χ1v) is 7.52. The van der Waals surface area contributed by atoms with E-state index in [2.05, 4.69) is 10.1 Å². The number of carbonyl (C=O) groups excluding carboxylic acids is 1. The SMILES string of the molecule is CC(=O)N1CCCC1c1noc(-c2cc(Cl)cc(Cl)c2O)n1. The molecule has 2 heterocycles. The monoisotopic (exact) mass is 341 g/mol. The lowest BCUT2D eigenvalue weighted by molar-refractivity contribution is -0.129. The van der Waals surface area contributed by atoms with E-state index in [1.807, 2.05) is 0 Å². The van der Waals surface area contributed by atoms with Gasteiger partial charge in [0.15, 0.2) is 5.82 Å². The first kappa shape index (κ1) is 15.1. The number of halogens is 2. The summed E-state index contributed by atoms with van der Waals surface area (Å²) in [4.78, 5) is 17.6. The van der Waals surface area contributed by atoms with Crippen LogP contribution in [0.5, 0.6) is 5.75 Å². The van der Waals surface area contributed by atoms with Crippen molar-refractivity contribution in [3.8, 4) is 17.2 Å². The van der Waals surface area contributed by atoms with E-state index in [1.165, 1.54) is 19.1 Å². The number of hydrogen-bond donors (Lipinski definition) is 1. The molecule has 1 amide bonds. The van der Waals surface area contributed by atoms with E-state index in [9.17, 15) is 9.90 Å². The van der Waals surface area contributed by atoms with E-state index >= 15 is 0 Å². The predicted octanol–water partition coefficient (Wildman–Crippen LogP) is 3.43. The van der Waals surface area contributed by atoms with Gasteiger partial charge in [0.1, 0.15) is 5.75 Å². The van der Waals surface area contributed by atoms with Crippen LogP contribution in [0, 0.1) is 0 Å². The predicted molar refractivity (Wildman–Crippen MR) is 80.8 cm³/mol. The van der Waals surface area contributed by atoms with Crippen molar-refractivity contribution in [2.45, 2.75) is 25.8 Å². The number of benzene rings is 1. The summed E-state index contributed by atoms with van der Waals surface area (Å²) >= 11 is 11.8. The molecule has 0 saturated carbocycles. The number of amides is 1. The molecule has 1 atom stereocenters. The number of carbonyl (C=O) groups is 1. The molecule has 116 valence electrons. The number of likely N-dealkylation sites (tertiary alicyclic amines) is 1. The maximum absolute atomic E-state index is 11.6. The lowest BCUT2D eigenvalue weighted by atomic mass is 10.2. The molecule has 22 heavy (non-hydrogen) atoms. The number of nitrogens with zero attached hydrogens (tertiary/aromatic N) is 3. The third-order valence-corrected chi connectivity index (χ3v) is 4.16. The molecule has 1 aromatic heterocycles. The molecule has 1 aromatic carbocycles. The minimum Gasteiger partial charge on any atom is -0.506 e. The molecule has 6 nitrogen and oxygen atoms in total. The molecular weight excluding hydrogens is 329 g/mol. The number of aromatic nitrogens is 2. The molecule has 3 rings (SSSR count). The van der Waals surface area contributed by atoms with Crippen molar-refractivity contribution < 1.29 is 14.4 Å². The maximum atomic E-state index is 11.6. The highest BCUT2D eigenvalue weighted by Gasteiger charge is 2.32. The van der Waals surface area contributed by atoms with E-state index in [-0.39, 0.29) is 34.2 Å². The Hall–Kier alpha value is -1.79. The topological polar surface area (TPSA) is 79.5 Å². The average Bonchev–Trinajstić information content (AvgIpc) is 3.10. The van der Waals surface area contributed by atoms with Gasteiger partial charge in [0.05, 0.1) is 16.6 Å². The zero-order chi connectivity index (χ0) is 15.9. The second kappa shape index (κ2) is 5.78. The van der Waals surface area contributed by atoms with Crippen molar-refractivity contribution in [1.29, 1.82) is 0 Å². The van der Waals surface area contributed by atoms with Crippen LogP contribution in [0.2, 0.25) is 10.0 Å². The van der Waals surface area contributed by atoms with Gasteiger partial charge in [-0.2, -0.15) is 4.98 Å². The van der Waals surface area contributed by atoms with Crippen LogP contribution in [0.15, 0.2) is 16.7 Å². The Morgan fingerprint density at radius 2 is 2.23 bits per heavy atom. The van der Waals surface area contributed by atoms with Crippen molar-refractivity contribution in [3.05, 3.63) is 28.0 Å². The molecule has 1 unspecified atom stereocenters. The molecular formula is C14H13Cl2N3O3. The van der Waals surface area contributed by atoms with Crippen molar-refractivity contribution in [2.75, 3.05) is 6.54 Å². The first-order chi connectivity index (χ1) is 10.5. The number of rotatable bonds is 2. The van der Waals surface area contributed by atoms with Gasteiger partial charge in [0, 0.05) is 18.5 Å². The lowest BCUT2D eigenvalue weighted by Crippen LogP contribution is -2.28. The van der Waals surface area contributed by atoms with Gasteiger partial charge in [0.2, 0.25) is 5.91 Å². The van der Waals surface area contributed by atoms with Crippen molar-refractivity contribution in [1.82, 2.24) is 15.0 Å². The van der Waals surface area contributed by atoms with Crippen LogP contribution in [0.4, 0.5) is 0 Å². The number of aromatic hydroxyl groups is 1. The van der Waals surface area contributed by atoms with E-state index in [4.69, 9.17) is 27.7 Å². The van der Waals surface area contributed by atoms with Gasteiger partial charge < -0.3 is 14.5 Å². The Balaban J connectivity index is 1.96. The molecule has 8 heteroatoms. The Kier molecular flexibility index (Phi) is 3.97. The normalized spacial score (nSPS) is 18.0. The summed E-state index contributed by atoms with van der Waals surface area (Å²) in [6, 6.07) is 2.72. The van der Waals surface area contributed by atoms with Gasteiger partial charge in [-0.05, 0) is 25.0 Å². The highest BCUT2D eigenvalue weighted by Crippen LogP contribution is 2.38. The van der Waals surface area contributed by atoms with E-state index < -0.39 is 0 Å². The fraction of sp³-hybridized carbons (Fsp3) is 0.357. The molecule has 0 bridgehead atoms. The molecule has 0 radical (unpaired) electrons. The lowest BCUT2D eigenvalue weighted by Gasteiger charge is -2.19. The molecule has 0 spiro atoms. The van der Waals surface area contributed by atoms with E-state index in [1.54, 1.807) is 4.90 Å².